The van der Waals surface area contributed by atoms with Crippen LogP contribution in [0.1, 0.15) is 23.3 Å². The van der Waals surface area contributed by atoms with E-state index in [2.05, 4.69) is 15.0 Å². The van der Waals surface area contributed by atoms with Gasteiger partial charge in [-0.1, -0.05) is 36.0 Å². The highest BCUT2D eigenvalue weighted by molar-refractivity contribution is 7.98. The summed E-state index contributed by atoms with van der Waals surface area (Å²) in [5, 5.41) is 3.47. The minimum absolute atomic E-state index is 0.0171. The van der Waals surface area contributed by atoms with Gasteiger partial charge in [0.2, 0.25) is 10.0 Å². The summed E-state index contributed by atoms with van der Waals surface area (Å²) in [7, 11) is -3.59. The molecule has 9 heteroatoms. The molecule has 0 aliphatic heterocycles. The van der Waals surface area contributed by atoms with Crippen LogP contribution < -0.4 is 10.0 Å². The summed E-state index contributed by atoms with van der Waals surface area (Å²) in [6.45, 7) is 0. The summed E-state index contributed by atoms with van der Waals surface area (Å²) in [5.41, 5.74) is 1.59. The number of imidazole rings is 1. The third-order valence-corrected chi connectivity index (χ3v) is 6.63. The summed E-state index contributed by atoms with van der Waals surface area (Å²) in [6, 6.07) is 15.7. The van der Waals surface area contributed by atoms with Crippen LogP contribution in [0.15, 0.2) is 70.8 Å². The van der Waals surface area contributed by atoms with Gasteiger partial charge < -0.3 is 5.32 Å². The van der Waals surface area contributed by atoms with Crippen LogP contribution in [-0.2, 0) is 10.0 Å². The van der Waals surface area contributed by atoms with Crippen molar-refractivity contribution in [1.29, 1.82) is 0 Å². The molecular formula is C20H20N4O3S2. The molecule has 0 unspecified atom stereocenters. The maximum Gasteiger partial charge on any atom is 0.274 e. The molecule has 3 aromatic rings. The first-order chi connectivity index (χ1) is 14.0. The highest BCUT2D eigenvalue weighted by atomic mass is 32.2. The number of rotatable bonds is 7. The quantitative estimate of drug-likeness (QED) is 0.564. The average Bonchev–Trinajstić information content (AvgIpc) is 3.41. The predicted molar refractivity (Wildman–Crippen MR) is 113 cm³/mol. The summed E-state index contributed by atoms with van der Waals surface area (Å²) in [6.07, 6.45) is 5.13. The van der Waals surface area contributed by atoms with E-state index in [4.69, 9.17) is 0 Å². The van der Waals surface area contributed by atoms with E-state index in [9.17, 15) is 13.2 Å². The van der Waals surface area contributed by atoms with Crippen LogP contribution >= 0.6 is 11.8 Å². The number of carbonyl (C=O) groups is 1. The minimum atomic E-state index is -3.59. The van der Waals surface area contributed by atoms with Gasteiger partial charge >= 0.3 is 0 Å². The molecule has 29 heavy (non-hydrogen) atoms. The molecule has 1 fully saturated rings. The Balaban J connectivity index is 1.61. The molecule has 0 spiro atoms. The van der Waals surface area contributed by atoms with Crippen molar-refractivity contribution in [2.75, 3.05) is 11.6 Å². The molecule has 4 rings (SSSR count). The smallest absolute Gasteiger partial charge is 0.274 e. The molecule has 0 saturated heterocycles. The Morgan fingerprint density at radius 2 is 1.90 bits per heavy atom. The van der Waals surface area contributed by atoms with Crippen molar-refractivity contribution in [3.63, 3.8) is 0 Å². The zero-order valence-electron chi connectivity index (χ0n) is 15.7. The molecule has 0 bridgehead atoms. The predicted octanol–water partition coefficient (Wildman–Crippen LogP) is 3.29. The van der Waals surface area contributed by atoms with E-state index in [1.54, 1.807) is 16.7 Å². The lowest BCUT2D eigenvalue weighted by Crippen LogP contribution is -2.25. The van der Waals surface area contributed by atoms with Gasteiger partial charge in [0.1, 0.15) is 5.69 Å². The van der Waals surface area contributed by atoms with Crippen molar-refractivity contribution in [2.45, 2.75) is 28.9 Å². The minimum Gasteiger partial charge on any atom is -0.321 e. The first-order valence-corrected chi connectivity index (χ1v) is 11.8. The van der Waals surface area contributed by atoms with Crippen LogP contribution in [0, 0.1) is 0 Å². The fourth-order valence-electron chi connectivity index (χ4n) is 2.89. The first-order valence-electron chi connectivity index (χ1n) is 9.09. The summed E-state index contributed by atoms with van der Waals surface area (Å²) >= 11 is 1.44. The normalized spacial score (nSPS) is 14.0. The van der Waals surface area contributed by atoms with Crippen LogP contribution in [0.5, 0.6) is 0 Å². The van der Waals surface area contributed by atoms with Crippen molar-refractivity contribution in [1.82, 2.24) is 14.3 Å². The lowest BCUT2D eigenvalue weighted by atomic mass is 10.3. The van der Waals surface area contributed by atoms with Crippen LogP contribution in [0.3, 0.4) is 0 Å². The van der Waals surface area contributed by atoms with Crippen LogP contribution in [0.4, 0.5) is 5.69 Å². The number of hydrogen-bond acceptors (Lipinski definition) is 5. The van der Waals surface area contributed by atoms with Crippen LogP contribution in [-0.4, -0.2) is 36.2 Å². The summed E-state index contributed by atoms with van der Waals surface area (Å²) in [4.78, 5) is 17.4. The maximum atomic E-state index is 12.9. The van der Waals surface area contributed by atoms with Gasteiger partial charge in [0, 0.05) is 17.4 Å². The SMILES string of the molecule is CSc1ncc(C(=O)Nc2cccc(S(=O)(=O)NC3CC3)c2)n1-c1ccccc1. The second-order valence-electron chi connectivity index (χ2n) is 6.68. The molecule has 1 heterocycles. The monoisotopic (exact) mass is 428 g/mol. The Hall–Kier alpha value is -2.62. The first kappa shape index (κ1) is 19.7. The second-order valence-corrected chi connectivity index (χ2v) is 9.17. The third-order valence-electron chi connectivity index (χ3n) is 4.46. The molecular weight excluding hydrogens is 408 g/mol. The number of para-hydroxylation sites is 1. The molecule has 7 nitrogen and oxygen atoms in total. The lowest BCUT2D eigenvalue weighted by molar-refractivity contribution is 0.102. The maximum absolute atomic E-state index is 12.9. The van der Waals surface area contributed by atoms with E-state index in [-0.39, 0.29) is 16.8 Å². The lowest BCUT2D eigenvalue weighted by Gasteiger charge is -2.12. The van der Waals surface area contributed by atoms with Gasteiger partial charge in [0.25, 0.3) is 5.91 Å². The van der Waals surface area contributed by atoms with Gasteiger partial charge in [-0.15, -0.1) is 0 Å². The molecule has 1 aliphatic rings. The molecule has 2 N–H and O–H groups in total. The molecule has 2 aromatic carbocycles. The fraction of sp³-hybridized carbons (Fsp3) is 0.200. The summed E-state index contributed by atoms with van der Waals surface area (Å²) < 4.78 is 29.3. The largest absolute Gasteiger partial charge is 0.321 e. The van der Waals surface area contributed by atoms with Crippen molar-refractivity contribution in [3.05, 3.63) is 66.5 Å². The van der Waals surface area contributed by atoms with Gasteiger partial charge in [0.05, 0.1) is 11.1 Å². The van der Waals surface area contributed by atoms with Gasteiger partial charge in [-0.05, 0) is 49.4 Å². The number of thioether (sulfide) groups is 1. The van der Waals surface area contributed by atoms with Crippen molar-refractivity contribution in [2.24, 2.45) is 0 Å². The Kier molecular flexibility index (Phi) is 5.44. The van der Waals surface area contributed by atoms with E-state index >= 15 is 0 Å². The van der Waals surface area contributed by atoms with Gasteiger partial charge in [0.15, 0.2) is 5.16 Å². The number of nitrogens with one attached hydrogen (secondary N) is 2. The molecule has 1 saturated carbocycles. The van der Waals surface area contributed by atoms with E-state index in [1.165, 1.54) is 30.1 Å². The number of aromatic nitrogens is 2. The standard InChI is InChI=1S/C20H20N4O3S2/c1-28-20-21-13-18(24(20)16-7-3-2-4-8-16)19(25)22-15-6-5-9-17(12-15)29(26,27)23-14-10-11-14/h2-9,12-14,23H,10-11H2,1H3,(H,22,25). The van der Waals surface area contributed by atoms with Crippen LogP contribution in [0.25, 0.3) is 5.69 Å². The highest BCUT2D eigenvalue weighted by Gasteiger charge is 2.28. The van der Waals surface area contributed by atoms with E-state index in [0.717, 1.165) is 18.5 Å². The molecule has 1 aliphatic carbocycles. The fourth-order valence-corrected chi connectivity index (χ4v) is 4.79. The Morgan fingerprint density at radius 1 is 1.14 bits per heavy atom. The number of hydrogen-bond donors (Lipinski definition) is 2. The topological polar surface area (TPSA) is 93.1 Å². The van der Waals surface area contributed by atoms with Crippen molar-refractivity contribution in [3.8, 4) is 5.69 Å². The van der Waals surface area contributed by atoms with Gasteiger partial charge in [-0.3, -0.25) is 9.36 Å². The van der Waals surface area contributed by atoms with E-state index in [1.807, 2.05) is 36.6 Å². The number of nitrogens with zero attached hydrogens (tertiary/aromatic N) is 2. The Morgan fingerprint density at radius 3 is 2.59 bits per heavy atom. The highest BCUT2D eigenvalue weighted by Crippen LogP contribution is 2.25. The summed E-state index contributed by atoms with van der Waals surface area (Å²) in [5.74, 6) is -0.369. The molecule has 0 radical (unpaired) electrons. The average molecular weight is 429 g/mol. The number of carbonyl (C=O) groups excluding carboxylic acids is 1. The molecule has 1 aromatic heterocycles. The Bertz CT molecular complexity index is 1140. The van der Waals surface area contributed by atoms with Gasteiger partial charge in [-0.25, -0.2) is 18.1 Å². The number of anilines is 1. The molecule has 150 valence electrons. The van der Waals surface area contributed by atoms with Crippen molar-refractivity contribution >= 4 is 33.4 Å². The van der Waals surface area contributed by atoms with E-state index in [0.29, 0.717) is 16.5 Å². The number of sulfonamides is 1. The second kappa shape index (κ2) is 8.02. The molecule has 1 amide bonds. The zero-order valence-corrected chi connectivity index (χ0v) is 17.3. The van der Waals surface area contributed by atoms with Crippen molar-refractivity contribution < 1.29 is 13.2 Å². The number of amides is 1. The third kappa shape index (κ3) is 4.36. The zero-order chi connectivity index (χ0) is 20.4. The van der Waals surface area contributed by atoms with Gasteiger partial charge in [-0.2, -0.15) is 0 Å². The van der Waals surface area contributed by atoms with Crippen LogP contribution in [0.2, 0.25) is 0 Å². The molecule has 0 atom stereocenters. The van der Waals surface area contributed by atoms with E-state index < -0.39 is 10.0 Å². The number of benzene rings is 2. The Labute approximate surface area is 173 Å².